The molecule has 0 radical (unpaired) electrons. The zero-order valence-electron chi connectivity index (χ0n) is 21.0. The molecule has 3 aromatic carbocycles. The van der Waals surface area contributed by atoms with Crippen LogP contribution in [0.25, 0.3) is 21.8 Å². The molecule has 188 valence electrons. The second kappa shape index (κ2) is 11.2. The summed E-state index contributed by atoms with van der Waals surface area (Å²) >= 11 is 0. The molecule has 8 heteroatoms. The molecule has 0 bridgehead atoms. The molecular formula is C29H30FN7. The number of nitrogens with zero attached hydrogens (tertiary/aromatic N) is 5. The number of anilines is 2. The Balaban J connectivity index is 1.37. The van der Waals surface area contributed by atoms with Crippen LogP contribution < -0.4 is 10.7 Å². The van der Waals surface area contributed by atoms with E-state index in [1.54, 1.807) is 18.3 Å². The van der Waals surface area contributed by atoms with E-state index in [1.165, 1.54) is 6.07 Å². The highest BCUT2D eigenvalue weighted by Crippen LogP contribution is 2.23. The molecule has 2 N–H and O–H groups in total. The summed E-state index contributed by atoms with van der Waals surface area (Å²) in [5, 5.41) is 9.94. The van der Waals surface area contributed by atoms with Gasteiger partial charge in [-0.3, -0.25) is 0 Å². The second-order valence-electron chi connectivity index (χ2n) is 9.23. The van der Waals surface area contributed by atoms with E-state index in [9.17, 15) is 4.39 Å². The Kier molecular flexibility index (Phi) is 7.37. The SMILES string of the molecule is CN(C)CCCNc1nc(N/N=C/c2cn(Cc3cccc(F)c3)c3ccccc23)nc2ccccc12. The Hall–Kier alpha value is -4.30. The Morgan fingerprint density at radius 3 is 2.62 bits per heavy atom. The fourth-order valence-corrected chi connectivity index (χ4v) is 4.36. The van der Waals surface area contributed by atoms with Gasteiger partial charge in [-0.2, -0.15) is 10.1 Å². The standard InChI is InChI=1S/C29H30FN7/c1-36(2)16-8-15-31-28-25-12-3-5-13-26(25)33-29(34-28)35-32-18-22-20-37(27-14-6-4-11-24(22)27)19-21-9-7-10-23(30)17-21/h3-7,9-14,17-18,20H,8,15-16,19H2,1-2H3,(H2,31,33,34,35)/b32-18+. The number of fused-ring (bicyclic) bond motifs is 2. The number of hydrogen-bond acceptors (Lipinski definition) is 6. The molecule has 0 atom stereocenters. The number of para-hydroxylation sites is 2. The van der Waals surface area contributed by atoms with Gasteiger partial charge in [-0.25, -0.2) is 14.8 Å². The van der Waals surface area contributed by atoms with Gasteiger partial charge in [-0.05, 0) is 63.0 Å². The third-order valence-corrected chi connectivity index (χ3v) is 6.11. The highest BCUT2D eigenvalue weighted by molar-refractivity contribution is 5.99. The van der Waals surface area contributed by atoms with Crippen LogP contribution in [0.3, 0.4) is 0 Å². The number of halogens is 1. The summed E-state index contributed by atoms with van der Waals surface area (Å²) in [6.45, 7) is 2.38. The highest BCUT2D eigenvalue weighted by Gasteiger charge is 2.09. The molecule has 5 aromatic rings. The molecule has 7 nitrogen and oxygen atoms in total. The van der Waals surface area contributed by atoms with Crippen LogP contribution in [0.1, 0.15) is 17.5 Å². The van der Waals surface area contributed by atoms with Crippen molar-refractivity contribution in [2.75, 3.05) is 37.9 Å². The first-order valence-electron chi connectivity index (χ1n) is 12.3. The lowest BCUT2D eigenvalue weighted by Gasteiger charge is -2.12. The van der Waals surface area contributed by atoms with Gasteiger partial charge in [0.2, 0.25) is 5.95 Å². The molecule has 0 aliphatic rings. The third kappa shape index (κ3) is 5.92. The molecule has 0 aliphatic heterocycles. The molecule has 37 heavy (non-hydrogen) atoms. The molecule has 0 fully saturated rings. The average Bonchev–Trinajstić information content (AvgIpc) is 3.23. The van der Waals surface area contributed by atoms with Crippen molar-refractivity contribution in [3.05, 3.63) is 95.9 Å². The summed E-state index contributed by atoms with van der Waals surface area (Å²) in [5.74, 6) is 0.976. The molecule has 0 amide bonds. The van der Waals surface area contributed by atoms with Crippen molar-refractivity contribution in [3.8, 4) is 0 Å². The third-order valence-electron chi connectivity index (χ3n) is 6.11. The maximum absolute atomic E-state index is 13.7. The molecule has 0 unspecified atom stereocenters. The highest BCUT2D eigenvalue weighted by atomic mass is 19.1. The number of nitrogens with one attached hydrogen (secondary N) is 2. The van der Waals surface area contributed by atoms with Crippen LogP contribution in [0.4, 0.5) is 16.2 Å². The van der Waals surface area contributed by atoms with Crippen molar-refractivity contribution in [2.24, 2.45) is 5.10 Å². The van der Waals surface area contributed by atoms with Crippen molar-refractivity contribution in [1.82, 2.24) is 19.4 Å². The zero-order valence-corrected chi connectivity index (χ0v) is 21.0. The van der Waals surface area contributed by atoms with Crippen LogP contribution in [0.2, 0.25) is 0 Å². The van der Waals surface area contributed by atoms with Gasteiger partial charge in [0.15, 0.2) is 0 Å². The Bertz CT molecular complexity index is 1540. The predicted octanol–water partition coefficient (Wildman–Crippen LogP) is 5.58. The van der Waals surface area contributed by atoms with Gasteiger partial charge in [-0.1, -0.05) is 42.5 Å². The van der Waals surface area contributed by atoms with Crippen molar-refractivity contribution in [3.63, 3.8) is 0 Å². The van der Waals surface area contributed by atoms with E-state index in [-0.39, 0.29) is 5.82 Å². The minimum atomic E-state index is -0.234. The summed E-state index contributed by atoms with van der Waals surface area (Å²) in [6.07, 6.45) is 4.80. The van der Waals surface area contributed by atoms with Crippen LogP contribution in [-0.2, 0) is 6.54 Å². The van der Waals surface area contributed by atoms with Crippen molar-refractivity contribution < 1.29 is 4.39 Å². The lowest BCUT2D eigenvalue weighted by Crippen LogP contribution is -2.17. The number of hydrazone groups is 1. The molecule has 0 aliphatic carbocycles. The van der Waals surface area contributed by atoms with Crippen LogP contribution in [0, 0.1) is 5.82 Å². The molecule has 2 aromatic heterocycles. The molecule has 5 rings (SSSR count). The first-order chi connectivity index (χ1) is 18.1. The average molecular weight is 496 g/mol. The topological polar surface area (TPSA) is 70.4 Å². The van der Waals surface area contributed by atoms with Crippen LogP contribution >= 0.6 is 0 Å². The Labute approximate surface area is 215 Å². The fraction of sp³-hybridized carbons (Fsp3) is 0.207. The Morgan fingerprint density at radius 1 is 0.973 bits per heavy atom. The predicted molar refractivity (Wildman–Crippen MR) is 150 cm³/mol. The van der Waals surface area contributed by atoms with Gasteiger partial charge in [0.1, 0.15) is 11.6 Å². The van der Waals surface area contributed by atoms with Crippen LogP contribution in [-0.4, -0.2) is 52.8 Å². The maximum atomic E-state index is 13.7. The molecule has 0 saturated carbocycles. The van der Waals surface area contributed by atoms with Crippen molar-refractivity contribution >= 4 is 39.8 Å². The van der Waals surface area contributed by atoms with Gasteiger partial charge < -0.3 is 14.8 Å². The molecule has 0 spiro atoms. The number of benzene rings is 3. The van der Waals surface area contributed by atoms with Gasteiger partial charge >= 0.3 is 0 Å². The van der Waals surface area contributed by atoms with E-state index >= 15 is 0 Å². The quantitative estimate of drug-likeness (QED) is 0.150. The normalized spacial score (nSPS) is 11.7. The van der Waals surface area contributed by atoms with Crippen molar-refractivity contribution in [2.45, 2.75) is 13.0 Å². The number of aromatic nitrogens is 3. The molecule has 0 saturated heterocycles. The summed E-state index contributed by atoms with van der Waals surface area (Å²) in [4.78, 5) is 11.5. The minimum absolute atomic E-state index is 0.234. The van der Waals surface area contributed by atoms with Crippen LogP contribution in [0.15, 0.2) is 84.1 Å². The summed E-state index contributed by atoms with van der Waals surface area (Å²) in [6, 6.07) is 22.7. The Morgan fingerprint density at radius 2 is 1.78 bits per heavy atom. The fourth-order valence-electron chi connectivity index (χ4n) is 4.36. The van der Waals surface area contributed by atoms with E-state index in [1.807, 2.05) is 48.7 Å². The first kappa shape index (κ1) is 24.4. The maximum Gasteiger partial charge on any atom is 0.246 e. The minimum Gasteiger partial charge on any atom is -0.369 e. The summed E-state index contributed by atoms with van der Waals surface area (Å²) in [7, 11) is 4.14. The van der Waals surface area contributed by atoms with E-state index in [2.05, 4.69) is 61.5 Å². The zero-order chi connectivity index (χ0) is 25.6. The van der Waals surface area contributed by atoms with Gasteiger partial charge in [0.25, 0.3) is 0 Å². The van der Waals surface area contributed by atoms with Gasteiger partial charge in [-0.15, -0.1) is 0 Å². The van der Waals surface area contributed by atoms with E-state index in [0.29, 0.717) is 12.5 Å². The summed E-state index contributed by atoms with van der Waals surface area (Å²) in [5.41, 5.74) is 6.75. The lowest BCUT2D eigenvalue weighted by atomic mass is 10.2. The van der Waals surface area contributed by atoms with Gasteiger partial charge in [0, 0.05) is 41.1 Å². The second-order valence-corrected chi connectivity index (χ2v) is 9.23. The summed E-state index contributed by atoms with van der Waals surface area (Å²) < 4.78 is 15.8. The van der Waals surface area contributed by atoms with E-state index in [0.717, 1.165) is 58.3 Å². The van der Waals surface area contributed by atoms with Crippen molar-refractivity contribution in [1.29, 1.82) is 0 Å². The van der Waals surface area contributed by atoms with Gasteiger partial charge in [0.05, 0.1) is 11.7 Å². The lowest BCUT2D eigenvalue weighted by molar-refractivity contribution is 0.405. The molecule has 2 heterocycles. The first-order valence-corrected chi connectivity index (χ1v) is 12.3. The van der Waals surface area contributed by atoms with E-state index < -0.39 is 0 Å². The number of rotatable bonds is 10. The van der Waals surface area contributed by atoms with E-state index in [4.69, 9.17) is 0 Å². The smallest absolute Gasteiger partial charge is 0.246 e. The molecular weight excluding hydrogens is 465 g/mol. The number of hydrogen-bond donors (Lipinski definition) is 2. The van der Waals surface area contributed by atoms with Crippen LogP contribution in [0.5, 0.6) is 0 Å². The largest absolute Gasteiger partial charge is 0.369 e. The monoisotopic (exact) mass is 495 g/mol.